The van der Waals surface area contributed by atoms with Crippen molar-refractivity contribution in [1.29, 1.82) is 0 Å². The molecular formula is C34H26LiN4NaO10S2. The molecular weight excluding hydrogens is 718 g/mol. The van der Waals surface area contributed by atoms with E-state index in [4.69, 9.17) is 9.47 Å². The maximum Gasteiger partial charge on any atom is 0.295 e. The Morgan fingerprint density at radius 1 is 0.500 bits per heavy atom. The van der Waals surface area contributed by atoms with Gasteiger partial charge in [-0.2, -0.15) is 16.8 Å². The fourth-order valence-corrected chi connectivity index (χ4v) is 6.73. The molecule has 14 nitrogen and oxygen atoms in total. The van der Waals surface area contributed by atoms with E-state index >= 15 is 0 Å². The van der Waals surface area contributed by atoms with Crippen LogP contribution in [0.15, 0.2) is 127 Å². The minimum atomic E-state index is -4.65. The molecule has 18 heteroatoms. The van der Waals surface area contributed by atoms with E-state index in [1.165, 1.54) is 38.5 Å². The number of azo groups is 2. The van der Waals surface area contributed by atoms with Crippen molar-refractivity contribution in [2.75, 3.05) is 14.2 Å². The van der Waals surface area contributed by atoms with Gasteiger partial charge in [0.05, 0.1) is 14.2 Å². The van der Waals surface area contributed by atoms with Gasteiger partial charge in [0.1, 0.15) is 44.0 Å². The van der Waals surface area contributed by atoms with Crippen molar-refractivity contribution in [3.05, 3.63) is 97.1 Å². The third-order valence-electron chi connectivity index (χ3n) is 7.70. The standard InChI is InChI=1S/C34H26N4O10S2.Li.Na/c1-47-29-15-19(11-13-25(29)35-37-27-17-31(49(41,42)43)21-7-3-5-9-23(21)33(27)39)20-12-14-26(30(16-20)48-2)36-38-28-18-32(50(44,45)46)22-8-4-6-10-24(22)34(28)40;;/h3-18,39-40H,1-2H3,(H,41,42,43)(H,44,45,46);;. The minimum Gasteiger partial charge on any atom is -0.505 e. The molecule has 0 saturated heterocycles. The summed E-state index contributed by atoms with van der Waals surface area (Å²) in [5.74, 6) is -0.0888. The molecule has 4 N–H and O–H groups in total. The van der Waals surface area contributed by atoms with Crippen LogP contribution in [0.4, 0.5) is 22.7 Å². The summed E-state index contributed by atoms with van der Waals surface area (Å²) in [6, 6.07) is 24.2. The number of nitrogens with zero attached hydrogens (tertiary/aromatic N) is 4. The number of methoxy groups -OCH3 is 2. The predicted molar refractivity (Wildman–Crippen MR) is 196 cm³/mol. The number of aromatic hydroxyl groups is 2. The van der Waals surface area contributed by atoms with Gasteiger partial charge in [0.15, 0.2) is 11.5 Å². The zero-order valence-electron chi connectivity index (χ0n) is 28.1. The fraction of sp³-hybridized carbons (Fsp3) is 0.0588. The zero-order chi connectivity index (χ0) is 35.8. The van der Waals surface area contributed by atoms with Gasteiger partial charge in [-0.05, 0) is 47.5 Å². The molecule has 6 aromatic rings. The minimum absolute atomic E-state index is 0. The first-order valence-corrected chi connectivity index (χ1v) is 17.3. The van der Waals surface area contributed by atoms with Crippen molar-refractivity contribution in [3.63, 3.8) is 0 Å². The summed E-state index contributed by atoms with van der Waals surface area (Å²) in [6.07, 6.45) is 0. The van der Waals surface area contributed by atoms with E-state index in [0.29, 0.717) is 11.1 Å². The van der Waals surface area contributed by atoms with E-state index in [9.17, 15) is 36.2 Å². The maximum atomic E-state index is 12.1. The number of phenolic OH excluding ortho intramolecular Hbond substituents is 2. The molecule has 0 aliphatic heterocycles. The van der Waals surface area contributed by atoms with E-state index in [1.54, 1.807) is 60.7 Å². The van der Waals surface area contributed by atoms with Crippen molar-refractivity contribution >= 4 is 113 Å². The van der Waals surface area contributed by atoms with Crippen LogP contribution in [0.1, 0.15) is 0 Å². The molecule has 0 aliphatic carbocycles. The predicted octanol–water partition coefficient (Wildman–Crippen LogP) is 7.65. The first-order valence-electron chi connectivity index (χ1n) is 14.4. The van der Waals surface area contributed by atoms with Crippen LogP contribution in [0.3, 0.4) is 0 Å². The van der Waals surface area contributed by atoms with Crippen molar-refractivity contribution in [3.8, 4) is 34.1 Å². The van der Waals surface area contributed by atoms with Crippen molar-refractivity contribution < 1.29 is 45.6 Å². The number of hydrogen-bond donors (Lipinski definition) is 4. The normalized spacial score (nSPS) is 11.8. The molecule has 0 saturated carbocycles. The summed E-state index contributed by atoms with van der Waals surface area (Å²) in [6.45, 7) is 0. The molecule has 0 amide bonds. The third-order valence-corrected chi connectivity index (χ3v) is 9.48. The number of rotatable bonds is 9. The van der Waals surface area contributed by atoms with Gasteiger partial charge in [0.2, 0.25) is 0 Å². The summed E-state index contributed by atoms with van der Waals surface area (Å²) in [7, 11) is -6.46. The zero-order valence-corrected chi connectivity index (χ0v) is 31.7. The molecule has 52 heavy (non-hydrogen) atoms. The van der Waals surface area contributed by atoms with E-state index in [1.807, 2.05) is 0 Å². The molecule has 6 aromatic carbocycles. The van der Waals surface area contributed by atoms with E-state index in [2.05, 4.69) is 20.5 Å². The van der Waals surface area contributed by atoms with Gasteiger partial charge < -0.3 is 19.7 Å². The summed E-state index contributed by atoms with van der Waals surface area (Å²) in [5.41, 5.74) is 1.43. The number of phenols is 2. The van der Waals surface area contributed by atoms with E-state index in [0.717, 1.165) is 12.1 Å². The molecule has 0 aromatic heterocycles. The average Bonchev–Trinajstić information content (AvgIpc) is 3.10. The molecule has 0 bridgehead atoms. The van der Waals surface area contributed by atoms with E-state index < -0.39 is 30.0 Å². The van der Waals surface area contributed by atoms with Crippen LogP contribution in [-0.4, -0.2) is 98.8 Å². The van der Waals surface area contributed by atoms with Crippen molar-refractivity contribution in [1.82, 2.24) is 0 Å². The molecule has 0 heterocycles. The average molecular weight is 745 g/mol. The van der Waals surface area contributed by atoms with Gasteiger partial charge >= 0.3 is 0 Å². The van der Waals surface area contributed by atoms with Crippen LogP contribution in [-0.2, 0) is 20.2 Å². The Kier molecular flexibility index (Phi) is 12.5. The monoisotopic (exact) mass is 744 g/mol. The third kappa shape index (κ3) is 8.16. The van der Waals surface area contributed by atoms with Crippen LogP contribution < -0.4 is 9.47 Å². The Morgan fingerprint density at radius 3 is 1.15 bits per heavy atom. The van der Waals surface area contributed by atoms with Gasteiger partial charge in [0.25, 0.3) is 20.2 Å². The molecule has 2 radical (unpaired) electrons. The summed E-state index contributed by atoms with van der Waals surface area (Å²) < 4.78 is 78.8. The quantitative estimate of drug-likeness (QED) is 0.0644. The molecule has 6 rings (SSSR count). The number of benzene rings is 6. The van der Waals surface area contributed by atoms with Crippen molar-refractivity contribution in [2.24, 2.45) is 20.5 Å². The van der Waals surface area contributed by atoms with Gasteiger partial charge in [-0.3, -0.25) is 9.11 Å². The molecule has 0 fully saturated rings. The van der Waals surface area contributed by atoms with Gasteiger partial charge in [-0.1, -0.05) is 60.7 Å². The first kappa shape index (κ1) is 40.4. The largest absolute Gasteiger partial charge is 0.505 e. The Bertz CT molecular complexity index is 2440. The Hall–Kier alpha value is -4.34. The second-order valence-corrected chi connectivity index (χ2v) is 13.5. The van der Waals surface area contributed by atoms with Crippen LogP contribution in [0.5, 0.6) is 23.0 Å². The second kappa shape index (κ2) is 16.1. The number of ether oxygens (including phenoxy) is 2. The first-order chi connectivity index (χ1) is 23.8. The SMILES string of the molecule is COc1cc(-c2ccc(N=Nc3cc(S(=O)(=O)O)c4ccccc4c3O)c(OC)c2)ccc1N=Nc1cc(S(=O)(=O)O)c2ccccc2c1O.[Li].[Na]. The van der Waals surface area contributed by atoms with Crippen LogP contribution in [0.25, 0.3) is 32.7 Å². The van der Waals surface area contributed by atoms with Gasteiger partial charge in [-0.15, -0.1) is 20.5 Å². The second-order valence-electron chi connectivity index (χ2n) is 10.7. The van der Waals surface area contributed by atoms with Crippen molar-refractivity contribution in [2.45, 2.75) is 9.79 Å². The fourth-order valence-electron chi connectivity index (χ4n) is 5.30. The Labute approximate surface area is 331 Å². The summed E-state index contributed by atoms with van der Waals surface area (Å²) in [5, 5.41) is 38.5. The van der Waals surface area contributed by atoms with Gasteiger partial charge in [0, 0.05) is 70.0 Å². The van der Waals surface area contributed by atoms with E-state index in [-0.39, 0.29) is 116 Å². The molecule has 0 atom stereocenters. The Morgan fingerprint density at radius 2 is 0.827 bits per heavy atom. The molecule has 0 spiro atoms. The smallest absolute Gasteiger partial charge is 0.295 e. The number of fused-ring (bicyclic) bond motifs is 2. The number of hydrogen-bond acceptors (Lipinski definition) is 12. The maximum absolute atomic E-state index is 12.1. The van der Waals surface area contributed by atoms with Crippen LogP contribution in [0.2, 0.25) is 0 Å². The summed E-state index contributed by atoms with van der Waals surface area (Å²) >= 11 is 0. The summed E-state index contributed by atoms with van der Waals surface area (Å²) in [4.78, 5) is -0.868. The molecule has 0 unspecified atom stereocenters. The molecule has 0 aliphatic rings. The van der Waals surface area contributed by atoms with Crippen LogP contribution in [0, 0.1) is 0 Å². The molecule has 256 valence electrons. The topological polar surface area (TPSA) is 217 Å². The van der Waals surface area contributed by atoms with Gasteiger partial charge in [-0.25, -0.2) is 0 Å². The van der Waals surface area contributed by atoms with Crippen LogP contribution >= 0.6 is 0 Å². The Balaban J connectivity index is 0.00000302.